The molecule has 0 spiro atoms. The van der Waals surface area contributed by atoms with Crippen molar-refractivity contribution in [3.63, 3.8) is 0 Å². The van der Waals surface area contributed by atoms with E-state index in [-0.39, 0.29) is 6.04 Å². The second-order valence-electron chi connectivity index (χ2n) is 5.63. The summed E-state index contributed by atoms with van der Waals surface area (Å²) < 4.78 is 26.5. The first-order valence-electron chi connectivity index (χ1n) is 7.17. The minimum atomic E-state index is -3.12. The highest BCUT2D eigenvalue weighted by molar-refractivity contribution is 7.89. The molecule has 0 aliphatic heterocycles. The third-order valence-electron chi connectivity index (χ3n) is 3.69. The van der Waals surface area contributed by atoms with Crippen molar-refractivity contribution < 1.29 is 8.42 Å². The van der Waals surface area contributed by atoms with Crippen molar-refractivity contribution in [2.45, 2.75) is 58.4 Å². The molecule has 5 heteroatoms. The predicted octanol–water partition coefficient (Wildman–Crippen LogP) is 1.96. The van der Waals surface area contributed by atoms with Crippen molar-refractivity contribution in [2.75, 3.05) is 18.8 Å². The second kappa shape index (κ2) is 7.46. The van der Waals surface area contributed by atoms with E-state index in [1.54, 1.807) is 4.31 Å². The van der Waals surface area contributed by atoms with Crippen molar-refractivity contribution in [3.8, 4) is 0 Å². The number of sulfonamides is 1. The molecule has 0 saturated heterocycles. The summed E-state index contributed by atoms with van der Waals surface area (Å²) in [6.07, 6.45) is 6.51. The van der Waals surface area contributed by atoms with Gasteiger partial charge in [-0.3, -0.25) is 0 Å². The monoisotopic (exact) mass is 276 g/mol. The third-order valence-corrected chi connectivity index (χ3v) is 5.90. The molecule has 0 unspecified atom stereocenters. The molecule has 108 valence electrons. The van der Waals surface area contributed by atoms with Crippen LogP contribution < -0.4 is 5.73 Å². The highest BCUT2D eigenvalue weighted by Crippen LogP contribution is 2.26. The van der Waals surface area contributed by atoms with Gasteiger partial charge in [0.05, 0.1) is 5.75 Å². The largest absolute Gasteiger partial charge is 0.330 e. The molecule has 1 aliphatic rings. The molecule has 0 aromatic rings. The Balaban J connectivity index is 2.62. The maximum Gasteiger partial charge on any atom is 0.214 e. The van der Waals surface area contributed by atoms with Gasteiger partial charge in [-0.15, -0.1) is 0 Å². The van der Waals surface area contributed by atoms with E-state index in [9.17, 15) is 8.42 Å². The quantitative estimate of drug-likeness (QED) is 0.773. The SMILES string of the molecule is CC(C)N(CCCN)S(=O)(=O)CC1CCCCC1. The van der Waals surface area contributed by atoms with Crippen LogP contribution >= 0.6 is 0 Å². The van der Waals surface area contributed by atoms with E-state index in [0.717, 1.165) is 19.3 Å². The molecule has 2 N–H and O–H groups in total. The van der Waals surface area contributed by atoms with Gasteiger partial charge in [0.25, 0.3) is 0 Å². The number of hydrogen-bond acceptors (Lipinski definition) is 3. The molecule has 0 bridgehead atoms. The van der Waals surface area contributed by atoms with E-state index in [0.29, 0.717) is 24.8 Å². The van der Waals surface area contributed by atoms with Gasteiger partial charge in [0.2, 0.25) is 10.0 Å². The van der Waals surface area contributed by atoms with Crippen LogP contribution in [-0.4, -0.2) is 37.6 Å². The molecule has 0 radical (unpaired) electrons. The Morgan fingerprint density at radius 2 is 1.83 bits per heavy atom. The van der Waals surface area contributed by atoms with Gasteiger partial charge in [-0.1, -0.05) is 19.3 Å². The van der Waals surface area contributed by atoms with Crippen LogP contribution in [0.5, 0.6) is 0 Å². The molecule has 0 aromatic carbocycles. The van der Waals surface area contributed by atoms with Crippen molar-refractivity contribution >= 4 is 10.0 Å². The van der Waals surface area contributed by atoms with E-state index in [4.69, 9.17) is 5.73 Å². The summed E-state index contributed by atoms with van der Waals surface area (Å²) in [5, 5.41) is 0. The summed E-state index contributed by atoms with van der Waals surface area (Å²) in [7, 11) is -3.12. The summed E-state index contributed by atoms with van der Waals surface area (Å²) in [5.74, 6) is 0.693. The Morgan fingerprint density at radius 1 is 1.22 bits per heavy atom. The second-order valence-corrected chi connectivity index (χ2v) is 7.60. The summed E-state index contributed by atoms with van der Waals surface area (Å²) in [6.45, 7) is 4.98. The van der Waals surface area contributed by atoms with Crippen LogP contribution in [0.1, 0.15) is 52.4 Å². The molecular weight excluding hydrogens is 248 g/mol. The zero-order chi connectivity index (χ0) is 13.6. The van der Waals surface area contributed by atoms with Crippen LogP contribution in [0.2, 0.25) is 0 Å². The van der Waals surface area contributed by atoms with Crippen LogP contribution in [0.25, 0.3) is 0 Å². The standard InChI is InChI=1S/C13H28N2O2S/c1-12(2)15(10-6-9-14)18(16,17)11-13-7-4-3-5-8-13/h12-13H,3-11,14H2,1-2H3. The molecule has 0 atom stereocenters. The minimum absolute atomic E-state index is 0.0325. The summed E-state index contributed by atoms with van der Waals surface area (Å²) in [4.78, 5) is 0. The molecule has 0 aromatic heterocycles. The maximum atomic E-state index is 12.4. The summed E-state index contributed by atoms with van der Waals surface area (Å²) in [6, 6.07) is 0.0325. The molecule has 1 aliphatic carbocycles. The Labute approximate surface area is 112 Å². The zero-order valence-corrected chi connectivity index (χ0v) is 12.6. The summed E-state index contributed by atoms with van der Waals surface area (Å²) >= 11 is 0. The fraction of sp³-hybridized carbons (Fsp3) is 1.00. The lowest BCUT2D eigenvalue weighted by Gasteiger charge is -2.29. The van der Waals surface area contributed by atoms with E-state index < -0.39 is 10.0 Å². The van der Waals surface area contributed by atoms with Crippen LogP contribution in [0.15, 0.2) is 0 Å². The van der Waals surface area contributed by atoms with Crippen LogP contribution in [0.4, 0.5) is 0 Å². The van der Waals surface area contributed by atoms with Crippen LogP contribution in [0, 0.1) is 5.92 Å². The normalized spacial score (nSPS) is 18.7. The molecule has 0 amide bonds. The third kappa shape index (κ3) is 4.86. The van der Waals surface area contributed by atoms with Gasteiger partial charge < -0.3 is 5.73 Å². The van der Waals surface area contributed by atoms with E-state index >= 15 is 0 Å². The van der Waals surface area contributed by atoms with Gasteiger partial charge in [-0.25, -0.2) is 8.42 Å². The molecule has 18 heavy (non-hydrogen) atoms. The van der Waals surface area contributed by atoms with Gasteiger partial charge in [0.15, 0.2) is 0 Å². The van der Waals surface area contributed by atoms with Gasteiger partial charge in [0.1, 0.15) is 0 Å². The van der Waals surface area contributed by atoms with E-state index in [2.05, 4.69) is 0 Å². The van der Waals surface area contributed by atoms with Crippen molar-refractivity contribution in [1.82, 2.24) is 4.31 Å². The topological polar surface area (TPSA) is 63.4 Å². The van der Waals surface area contributed by atoms with Crippen molar-refractivity contribution in [2.24, 2.45) is 11.7 Å². The van der Waals surface area contributed by atoms with Crippen molar-refractivity contribution in [3.05, 3.63) is 0 Å². The number of rotatable bonds is 7. The van der Waals surface area contributed by atoms with Crippen LogP contribution in [-0.2, 0) is 10.0 Å². The van der Waals surface area contributed by atoms with Gasteiger partial charge in [-0.05, 0) is 45.6 Å². The predicted molar refractivity (Wildman–Crippen MR) is 75.9 cm³/mol. The first-order valence-corrected chi connectivity index (χ1v) is 8.78. The molecule has 1 fully saturated rings. The van der Waals surface area contributed by atoms with E-state index in [1.165, 1.54) is 19.3 Å². The highest BCUT2D eigenvalue weighted by Gasteiger charge is 2.28. The molecule has 0 heterocycles. The Hall–Kier alpha value is -0.130. The Bertz CT molecular complexity index is 322. The minimum Gasteiger partial charge on any atom is -0.330 e. The number of hydrogen-bond donors (Lipinski definition) is 1. The average Bonchev–Trinajstić information content (AvgIpc) is 2.29. The van der Waals surface area contributed by atoms with Crippen LogP contribution in [0.3, 0.4) is 0 Å². The fourth-order valence-electron chi connectivity index (χ4n) is 2.71. The van der Waals surface area contributed by atoms with Gasteiger partial charge >= 0.3 is 0 Å². The smallest absolute Gasteiger partial charge is 0.214 e. The van der Waals surface area contributed by atoms with Gasteiger partial charge in [0, 0.05) is 12.6 Å². The first kappa shape index (κ1) is 15.9. The van der Waals surface area contributed by atoms with E-state index in [1.807, 2.05) is 13.8 Å². The Morgan fingerprint density at radius 3 is 2.33 bits per heavy atom. The lowest BCUT2D eigenvalue weighted by Crippen LogP contribution is -2.41. The lowest BCUT2D eigenvalue weighted by atomic mass is 9.91. The zero-order valence-electron chi connectivity index (χ0n) is 11.8. The molecule has 1 rings (SSSR count). The molecule has 4 nitrogen and oxygen atoms in total. The average molecular weight is 276 g/mol. The van der Waals surface area contributed by atoms with Crippen molar-refractivity contribution in [1.29, 1.82) is 0 Å². The molecule has 1 saturated carbocycles. The highest BCUT2D eigenvalue weighted by atomic mass is 32.2. The fourth-order valence-corrected chi connectivity index (χ4v) is 4.88. The van der Waals surface area contributed by atoms with Gasteiger partial charge in [-0.2, -0.15) is 4.31 Å². The summed E-state index contributed by atoms with van der Waals surface area (Å²) in [5.41, 5.74) is 5.48. The number of nitrogens with two attached hydrogens (primary N) is 1. The Kier molecular flexibility index (Phi) is 6.60. The number of nitrogens with zero attached hydrogens (tertiary/aromatic N) is 1. The first-order chi connectivity index (χ1) is 8.47. The lowest BCUT2D eigenvalue weighted by molar-refractivity contribution is 0.335. The maximum absolute atomic E-state index is 12.4. The molecular formula is C13H28N2O2S.